The molecule has 7 rings (SSSR count). The molecule has 5 aromatic rings. The van der Waals surface area contributed by atoms with E-state index < -0.39 is 106 Å². The summed E-state index contributed by atoms with van der Waals surface area (Å²) in [7, 11) is -2.68. The van der Waals surface area contributed by atoms with Crippen LogP contribution in [0.25, 0.3) is 22.0 Å². The normalized spacial score (nSPS) is 17.7. The van der Waals surface area contributed by atoms with Crippen molar-refractivity contribution in [1.82, 2.24) is 29.9 Å². The molecule has 59 heavy (non-hydrogen) atoms. The highest BCUT2D eigenvalue weighted by Gasteiger charge is 2.62. The third-order valence-electron chi connectivity index (χ3n) is 10.2. The molecule has 0 radical (unpaired) electrons. The lowest BCUT2D eigenvalue weighted by atomic mass is 9.73. The third kappa shape index (κ3) is 8.09. The van der Waals surface area contributed by atoms with E-state index in [0.717, 1.165) is 29.1 Å². The number of hydrogen-bond acceptors (Lipinski definition) is 7. The second kappa shape index (κ2) is 14.9. The van der Waals surface area contributed by atoms with Gasteiger partial charge in [0.15, 0.2) is 5.82 Å². The van der Waals surface area contributed by atoms with Crippen LogP contribution in [0.1, 0.15) is 91.0 Å². The Bertz CT molecular complexity index is 2660. The van der Waals surface area contributed by atoms with Gasteiger partial charge in [0.2, 0.25) is 15.9 Å². The summed E-state index contributed by atoms with van der Waals surface area (Å²) in [6.45, 7) is 1.80. The molecule has 0 bridgehead atoms. The average Bonchev–Trinajstić information content (AvgIpc) is 3.66. The molecule has 20 heteroatoms. The highest BCUT2D eigenvalue weighted by molar-refractivity contribution is 7.92. The largest absolute Gasteiger partial charge is 0.378 e. The first-order valence-corrected chi connectivity index (χ1v) is 19.9. The van der Waals surface area contributed by atoms with E-state index in [1.54, 1.807) is 0 Å². The van der Waals surface area contributed by atoms with Gasteiger partial charge < -0.3 is 10.4 Å². The van der Waals surface area contributed by atoms with Crippen LogP contribution >= 0.6 is 0 Å². The lowest BCUT2D eigenvalue weighted by molar-refractivity contribution is -0.123. The van der Waals surface area contributed by atoms with Gasteiger partial charge in [-0.3, -0.25) is 18.9 Å². The number of pyridine rings is 1. The molecule has 3 N–H and O–H groups in total. The van der Waals surface area contributed by atoms with Crippen LogP contribution in [0.4, 0.5) is 40.9 Å². The maximum atomic E-state index is 15.6. The molecule has 3 aromatic heterocycles. The van der Waals surface area contributed by atoms with E-state index in [9.17, 15) is 44.7 Å². The molecule has 1 saturated carbocycles. The second-order valence-electron chi connectivity index (χ2n) is 15.1. The van der Waals surface area contributed by atoms with Gasteiger partial charge in [-0.25, -0.2) is 39.7 Å². The zero-order valence-corrected chi connectivity index (χ0v) is 32.4. The molecule has 3 unspecified atom stereocenters. The minimum Gasteiger partial charge on any atom is -0.378 e. The molecule has 3 atom stereocenters. The number of rotatable bonds is 11. The summed E-state index contributed by atoms with van der Waals surface area (Å²) in [5, 5.41) is 20.6. The van der Waals surface area contributed by atoms with Crippen LogP contribution < -0.4 is 10.0 Å². The lowest BCUT2D eigenvalue weighted by Gasteiger charge is -2.34. The van der Waals surface area contributed by atoms with Crippen LogP contribution in [0.5, 0.6) is 0 Å². The fraction of sp³-hybridized carbons (Fsp3) is 0.385. The molecule has 1 fully saturated rings. The Balaban J connectivity index is 1.41. The zero-order valence-electron chi connectivity index (χ0n) is 31.6. The molecule has 0 saturated heterocycles. The van der Waals surface area contributed by atoms with Gasteiger partial charge in [-0.1, -0.05) is 18.1 Å². The van der Waals surface area contributed by atoms with Gasteiger partial charge >= 0.3 is 0 Å². The fourth-order valence-electron chi connectivity index (χ4n) is 7.84. The monoisotopic (exact) mass is 849 g/mol. The standard InChI is InChI=1S/C39H35F8N7O4S/c1-38(2,56)12-11-21-5-6-22(23-7-8-25(35(42)43)30-33(23)53(3)51-37(30)52-59(4,57)58)31(48-21)27(15-18-13-19(40)16-20(41)14-18)49-28(55)17-54-34-29(32(50-54)36(44)45)24-9-10-26(24)39(34,46)47/h5-8,13-14,16,24,26-27,35-36,56H,9-10,15,17H2,1-4H3,(H,49,55)(H,51,52). The van der Waals surface area contributed by atoms with Gasteiger partial charge in [-0.15, -0.1) is 0 Å². The first kappa shape index (κ1) is 41.6. The quantitative estimate of drug-likeness (QED) is 0.0945. The first-order valence-electron chi connectivity index (χ1n) is 18.1. The maximum Gasteiger partial charge on any atom is 0.293 e. The van der Waals surface area contributed by atoms with Crippen LogP contribution in [-0.4, -0.2) is 55.8 Å². The number of fused-ring (bicyclic) bond motifs is 4. The molecular weight excluding hydrogens is 815 g/mol. The molecule has 2 aromatic carbocycles. The van der Waals surface area contributed by atoms with Crippen molar-refractivity contribution < 1.29 is 53.4 Å². The van der Waals surface area contributed by atoms with Crippen molar-refractivity contribution >= 4 is 32.7 Å². The van der Waals surface area contributed by atoms with E-state index in [0.29, 0.717) is 10.7 Å². The summed E-state index contributed by atoms with van der Waals surface area (Å²) >= 11 is 0. The van der Waals surface area contributed by atoms with Crippen molar-refractivity contribution in [2.45, 2.75) is 76.0 Å². The number of alkyl halides is 6. The van der Waals surface area contributed by atoms with E-state index in [4.69, 9.17) is 0 Å². The SMILES string of the molecule is Cn1nc(NS(C)(=O)=O)c2c(C(F)F)ccc(-c3ccc(C#CC(C)(C)O)nc3C(Cc3cc(F)cc(F)c3)NC(=O)Cn3nc(C(F)F)c4c3C(F)(F)C3CCC43)c21. The summed E-state index contributed by atoms with van der Waals surface area (Å²) in [6, 6.07) is 6.22. The number of aromatic nitrogens is 5. The number of benzene rings is 2. The second-order valence-corrected chi connectivity index (χ2v) is 16.9. The van der Waals surface area contributed by atoms with Crippen molar-refractivity contribution in [3.05, 3.63) is 93.6 Å². The summed E-state index contributed by atoms with van der Waals surface area (Å²) < 4.78 is 146. The third-order valence-corrected chi connectivity index (χ3v) is 10.8. The Morgan fingerprint density at radius 3 is 2.27 bits per heavy atom. The summed E-state index contributed by atoms with van der Waals surface area (Å²) in [5.41, 5.74) is -4.05. The van der Waals surface area contributed by atoms with Crippen molar-refractivity contribution in [2.24, 2.45) is 13.0 Å². The van der Waals surface area contributed by atoms with Gasteiger partial charge in [0.25, 0.3) is 18.8 Å². The number of aliphatic hydroxyl groups is 1. The summed E-state index contributed by atoms with van der Waals surface area (Å²) in [5.74, 6) is -3.82. The van der Waals surface area contributed by atoms with Gasteiger partial charge in [-0.05, 0) is 74.8 Å². The average molecular weight is 850 g/mol. The Morgan fingerprint density at radius 2 is 1.68 bits per heavy atom. The minimum absolute atomic E-state index is 0.0120. The van der Waals surface area contributed by atoms with Gasteiger partial charge in [-0.2, -0.15) is 19.0 Å². The highest BCUT2D eigenvalue weighted by Crippen LogP contribution is 2.63. The molecular formula is C39H35F8N7O4S. The summed E-state index contributed by atoms with van der Waals surface area (Å²) in [4.78, 5) is 18.6. The van der Waals surface area contributed by atoms with E-state index >= 15 is 8.78 Å². The number of carbonyl (C=O) groups excluding carboxylic acids is 1. The lowest BCUT2D eigenvalue weighted by Crippen LogP contribution is -2.36. The van der Waals surface area contributed by atoms with Crippen LogP contribution in [0.3, 0.4) is 0 Å². The Morgan fingerprint density at radius 1 is 1.00 bits per heavy atom. The van der Waals surface area contributed by atoms with Gasteiger partial charge in [0, 0.05) is 41.3 Å². The smallest absolute Gasteiger partial charge is 0.293 e. The topological polar surface area (TPSA) is 144 Å². The van der Waals surface area contributed by atoms with Crippen molar-refractivity contribution in [3.8, 4) is 23.0 Å². The molecule has 3 heterocycles. The number of nitrogens with one attached hydrogen (secondary N) is 2. The Labute approximate surface area is 331 Å². The molecule has 0 aliphatic heterocycles. The number of hydrogen-bond donors (Lipinski definition) is 3. The number of nitrogens with zero attached hydrogens (tertiary/aromatic N) is 5. The van der Waals surface area contributed by atoms with E-state index in [1.807, 2.05) is 0 Å². The molecule has 1 amide bonds. The number of sulfonamides is 1. The van der Waals surface area contributed by atoms with Gasteiger partial charge in [0.05, 0.1) is 28.9 Å². The van der Waals surface area contributed by atoms with Crippen LogP contribution in [0.15, 0.2) is 42.5 Å². The molecule has 312 valence electrons. The highest BCUT2D eigenvalue weighted by atomic mass is 32.2. The number of amides is 1. The predicted octanol–water partition coefficient (Wildman–Crippen LogP) is 7.18. The van der Waals surface area contributed by atoms with E-state index in [-0.39, 0.29) is 57.4 Å². The Hall–Kier alpha value is -5.55. The number of anilines is 1. The molecule has 2 aliphatic carbocycles. The maximum absolute atomic E-state index is 15.6. The number of halogens is 8. The fourth-order valence-corrected chi connectivity index (χ4v) is 8.34. The van der Waals surface area contributed by atoms with Crippen LogP contribution in [-0.2, 0) is 40.8 Å². The molecule has 0 spiro atoms. The van der Waals surface area contributed by atoms with E-state index in [1.165, 1.54) is 39.1 Å². The predicted molar refractivity (Wildman–Crippen MR) is 198 cm³/mol. The molecule has 2 aliphatic rings. The minimum atomic E-state index is -4.04. The van der Waals surface area contributed by atoms with Crippen molar-refractivity contribution in [2.75, 3.05) is 11.0 Å². The summed E-state index contributed by atoms with van der Waals surface area (Å²) in [6.07, 6.45) is -5.64. The van der Waals surface area contributed by atoms with Crippen molar-refractivity contribution in [1.29, 1.82) is 0 Å². The van der Waals surface area contributed by atoms with Gasteiger partial charge in [0.1, 0.15) is 40.9 Å². The van der Waals surface area contributed by atoms with Crippen molar-refractivity contribution in [3.63, 3.8) is 0 Å². The van der Waals surface area contributed by atoms with Crippen LogP contribution in [0.2, 0.25) is 0 Å². The Kier molecular flexibility index (Phi) is 10.5. The zero-order chi connectivity index (χ0) is 42.9. The first-order chi connectivity index (χ1) is 27.5. The molecule has 11 nitrogen and oxygen atoms in total. The number of aryl methyl sites for hydroxylation is 1. The van der Waals surface area contributed by atoms with Crippen LogP contribution in [0, 0.1) is 29.4 Å². The van der Waals surface area contributed by atoms with E-state index in [2.05, 4.69) is 37.1 Å². The number of carbonyl (C=O) groups is 1.